The number of hydrogen-bond acceptors (Lipinski definition) is 2. The van der Waals surface area contributed by atoms with Gasteiger partial charge >= 0.3 is 0 Å². The van der Waals surface area contributed by atoms with Gasteiger partial charge in [-0.25, -0.2) is 0 Å². The molecule has 0 fully saturated rings. The van der Waals surface area contributed by atoms with E-state index in [1.54, 1.807) is 12.3 Å². The summed E-state index contributed by atoms with van der Waals surface area (Å²) in [5.74, 6) is 1.56. The van der Waals surface area contributed by atoms with Gasteiger partial charge in [-0.2, -0.15) is 0 Å². The molecule has 25 heavy (non-hydrogen) atoms. The van der Waals surface area contributed by atoms with Gasteiger partial charge in [-0.1, -0.05) is 42.5 Å². The molecular weight excluding hydrogens is 310 g/mol. The Balaban J connectivity index is 1.90. The normalized spacial score (nSPS) is 10.8. The molecule has 0 atom stereocenters. The summed E-state index contributed by atoms with van der Waals surface area (Å²) in [6.45, 7) is 2.02. The van der Waals surface area contributed by atoms with Crippen molar-refractivity contribution in [3.8, 4) is 17.2 Å². The maximum Gasteiger partial charge on any atom is 0.189 e. The number of hydrogen-bond donors (Lipinski definition) is 0. The van der Waals surface area contributed by atoms with Crippen LogP contribution in [-0.2, 0) is 0 Å². The van der Waals surface area contributed by atoms with Gasteiger partial charge < -0.3 is 9.30 Å². The maximum atomic E-state index is 12.1. The molecule has 0 saturated heterocycles. The van der Waals surface area contributed by atoms with Crippen LogP contribution in [-0.4, -0.2) is 4.57 Å². The molecule has 0 saturated carbocycles. The molecular formula is C22H17NO2. The summed E-state index contributed by atoms with van der Waals surface area (Å²) in [6.07, 6.45) is 1.80. The van der Waals surface area contributed by atoms with Crippen LogP contribution in [0.15, 0.2) is 89.9 Å². The second-order valence-electron chi connectivity index (χ2n) is 5.90. The maximum absolute atomic E-state index is 12.1. The highest BCUT2D eigenvalue weighted by Crippen LogP contribution is 2.31. The van der Waals surface area contributed by atoms with Crippen molar-refractivity contribution >= 4 is 10.9 Å². The summed E-state index contributed by atoms with van der Waals surface area (Å²) in [6, 6.07) is 25.0. The third-order valence-corrected chi connectivity index (χ3v) is 4.24. The number of ether oxygens (including phenoxy) is 1. The molecule has 0 N–H and O–H groups in total. The summed E-state index contributed by atoms with van der Waals surface area (Å²) in [5.41, 5.74) is 2.84. The summed E-state index contributed by atoms with van der Waals surface area (Å²) >= 11 is 0. The van der Waals surface area contributed by atoms with Crippen molar-refractivity contribution in [1.82, 2.24) is 4.57 Å². The van der Waals surface area contributed by atoms with Crippen molar-refractivity contribution in [2.24, 2.45) is 0 Å². The van der Waals surface area contributed by atoms with E-state index >= 15 is 0 Å². The summed E-state index contributed by atoms with van der Waals surface area (Å²) in [7, 11) is 0. The molecule has 4 aromatic rings. The molecule has 0 aliphatic heterocycles. The van der Waals surface area contributed by atoms with E-state index in [4.69, 9.17) is 4.74 Å². The van der Waals surface area contributed by atoms with E-state index in [1.165, 1.54) is 0 Å². The fraction of sp³-hybridized carbons (Fsp3) is 0.0455. The predicted octanol–water partition coefficient (Wildman–Crippen LogP) is 5.09. The van der Waals surface area contributed by atoms with Gasteiger partial charge in [0.1, 0.15) is 5.75 Å². The van der Waals surface area contributed by atoms with Crippen molar-refractivity contribution in [2.45, 2.75) is 6.92 Å². The van der Waals surface area contributed by atoms with Gasteiger partial charge in [0, 0.05) is 17.6 Å². The topological polar surface area (TPSA) is 31.2 Å². The molecule has 1 aromatic heterocycles. The van der Waals surface area contributed by atoms with Gasteiger partial charge in [0.25, 0.3) is 0 Å². The van der Waals surface area contributed by atoms with E-state index in [9.17, 15) is 4.79 Å². The minimum Gasteiger partial charge on any atom is -0.455 e. The quantitative estimate of drug-likeness (QED) is 0.525. The molecule has 0 spiro atoms. The second-order valence-corrected chi connectivity index (χ2v) is 5.90. The highest BCUT2D eigenvalue weighted by Gasteiger charge is 2.10. The summed E-state index contributed by atoms with van der Waals surface area (Å²) in [5, 5.41) is 0.690. The average molecular weight is 327 g/mol. The predicted molar refractivity (Wildman–Crippen MR) is 101 cm³/mol. The van der Waals surface area contributed by atoms with E-state index < -0.39 is 0 Å². The van der Waals surface area contributed by atoms with Gasteiger partial charge in [-0.3, -0.25) is 4.79 Å². The first-order chi connectivity index (χ1) is 12.2. The number of aryl methyl sites for hydroxylation is 1. The third kappa shape index (κ3) is 2.81. The zero-order valence-electron chi connectivity index (χ0n) is 13.8. The standard InChI is InChI=1S/C22H17NO2/c1-16-8-2-6-12-21(16)25-22-13-7-5-11-19(22)23-15-14-20(24)17-9-3-4-10-18(17)23/h2-15H,1H3. The minimum atomic E-state index is 0.0177. The zero-order valence-corrected chi connectivity index (χ0v) is 13.8. The number of para-hydroxylation sites is 4. The van der Waals surface area contributed by atoms with Crippen LogP contribution < -0.4 is 10.2 Å². The molecule has 3 aromatic carbocycles. The highest BCUT2D eigenvalue weighted by atomic mass is 16.5. The van der Waals surface area contributed by atoms with Crippen LogP contribution in [0.3, 0.4) is 0 Å². The first kappa shape index (κ1) is 15.2. The Morgan fingerprint density at radius 1 is 0.760 bits per heavy atom. The van der Waals surface area contributed by atoms with Crippen molar-refractivity contribution in [2.75, 3.05) is 0 Å². The van der Waals surface area contributed by atoms with E-state index in [1.807, 2.05) is 84.3 Å². The number of aromatic nitrogens is 1. The van der Waals surface area contributed by atoms with Gasteiger partial charge in [0.2, 0.25) is 0 Å². The Hall–Kier alpha value is -3.33. The molecule has 1 heterocycles. The van der Waals surface area contributed by atoms with Crippen LogP contribution >= 0.6 is 0 Å². The largest absolute Gasteiger partial charge is 0.455 e. The summed E-state index contributed by atoms with van der Waals surface area (Å²) < 4.78 is 8.17. The van der Waals surface area contributed by atoms with Crippen LogP contribution in [0.4, 0.5) is 0 Å². The molecule has 3 heteroatoms. The molecule has 0 amide bonds. The van der Waals surface area contributed by atoms with Crippen molar-refractivity contribution in [3.05, 3.63) is 101 Å². The number of fused-ring (bicyclic) bond motifs is 1. The fourth-order valence-electron chi connectivity index (χ4n) is 2.95. The number of rotatable bonds is 3. The number of pyridine rings is 1. The van der Waals surface area contributed by atoms with Gasteiger partial charge in [0.05, 0.1) is 11.2 Å². The SMILES string of the molecule is Cc1ccccc1Oc1ccccc1-n1ccc(=O)c2ccccc21. The third-order valence-electron chi connectivity index (χ3n) is 4.24. The lowest BCUT2D eigenvalue weighted by molar-refractivity contribution is 0.476. The zero-order chi connectivity index (χ0) is 17.2. The molecule has 0 bridgehead atoms. The highest BCUT2D eigenvalue weighted by molar-refractivity contribution is 5.81. The average Bonchev–Trinajstić information content (AvgIpc) is 2.65. The first-order valence-corrected chi connectivity index (χ1v) is 8.17. The molecule has 4 rings (SSSR count). The first-order valence-electron chi connectivity index (χ1n) is 8.17. The van der Waals surface area contributed by atoms with Crippen LogP contribution in [0, 0.1) is 6.92 Å². The van der Waals surface area contributed by atoms with E-state index in [0.29, 0.717) is 5.39 Å². The molecule has 0 aliphatic rings. The molecule has 3 nitrogen and oxygen atoms in total. The van der Waals surface area contributed by atoms with E-state index in [-0.39, 0.29) is 5.43 Å². The van der Waals surface area contributed by atoms with Gasteiger partial charge in [0.15, 0.2) is 11.2 Å². The second kappa shape index (κ2) is 6.29. The minimum absolute atomic E-state index is 0.0177. The fourth-order valence-corrected chi connectivity index (χ4v) is 2.95. The Labute approximate surface area is 145 Å². The van der Waals surface area contributed by atoms with E-state index in [2.05, 4.69) is 0 Å². The Kier molecular flexibility index (Phi) is 3.82. The molecule has 0 unspecified atom stereocenters. The van der Waals surface area contributed by atoms with Crippen LogP contribution in [0.2, 0.25) is 0 Å². The Bertz CT molecular complexity index is 1110. The van der Waals surface area contributed by atoms with E-state index in [0.717, 1.165) is 28.3 Å². The lowest BCUT2D eigenvalue weighted by Crippen LogP contribution is -2.07. The van der Waals surface area contributed by atoms with Crippen molar-refractivity contribution in [1.29, 1.82) is 0 Å². The molecule has 0 radical (unpaired) electrons. The number of nitrogens with zero attached hydrogens (tertiary/aromatic N) is 1. The Morgan fingerprint density at radius 2 is 1.44 bits per heavy atom. The van der Waals surface area contributed by atoms with Gasteiger partial charge in [-0.15, -0.1) is 0 Å². The van der Waals surface area contributed by atoms with Gasteiger partial charge in [-0.05, 0) is 42.8 Å². The molecule has 0 aliphatic carbocycles. The van der Waals surface area contributed by atoms with Crippen molar-refractivity contribution in [3.63, 3.8) is 0 Å². The molecule has 122 valence electrons. The van der Waals surface area contributed by atoms with Crippen molar-refractivity contribution < 1.29 is 4.74 Å². The van der Waals surface area contributed by atoms with Crippen LogP contribution in [0.5, 0.6) is 11.5 Å². The monoisotopic (exact) mass is 327 g/mol. The van der Waals surface area contributed by atoms with Crippen LogP contribution in [0.1, 0.15) is 5.56 Å². The number of benzene rings is 3. The lowest BCUT2D eigenvalue weighted by atomic mass is 10.2. The lowest BCUT2D eigenvalue weighted by Gasteiger charge is -2.16. The smallest absolute Gasteiger partial charge is 0.189 e. The Morgan fingerprint density at radius 3 is 2.28 bits per heavy atom. The van der Waals surface area contributed by atoms with Crippen LogP contribution in [0.25, 0.3) is 16.6 Å². The summed E-state index contributed by atoms with van der Waals surface area (Å²) in [4.78, 5) is 12.1.